The fourth-order valence-electron chi connectivity index (χ4n) is 1.64. The molecule has 0 aliphatic rings. The van der Waals surface area contributed by atoms with Crippen LogP contribution in [0.25, 0.3) is 0 Å². The Morgan fingerprint density at radius 1 is 1.53 bits per heavy atom. The first-order valence-electron chi connectivity index (χ1n) is 5.18. The van der Waals surface area contributed by atoms with Gasteiger partial charge in [-0.1, -0.05) is 17.7 Å². The van der Waals surface area contributed by atoms with Gasteiger partial charge in [0.2, 0.25) is 0 Å². The van der Waals surface area contributed by atoms with Gasteiger partial charge in [-0.25, -0.2) is 9.37 Å². The van der Waals surface area contributed by atoms with Crippen LogP contribution in [0.5, 0.6) is 0 Å². The molecule has 1 aromatic heterocycles. The van der Waals surface area contributed by atoms with Crippen molar-refractivity contribution in [3.8, 4) is 0 Å². The normalized spacial score (nSPS) is 12.7. The Balaban J connectivity index is 2.17. The molecule has 0 fully saturated rings. The van der Waals surface area contributed by atoms with Crippen molar-refractivity contribution >= 4 is 22.9 Å². The Hall–Kier alpha value is -0.970. The molecule has 2 N–H and O–H groups in total. The Morgan fingerprint density at radius 3 is 2.88 bits per heavy atom. The monoisotopic (exact) mass is 270 g/mol. The van der Waals surface area contributed by atoms with Crippen molar-refractivity contribution in [2.24, 2.45) is 5.73 Å². The first-order chi connectivity index (χ1) is 8.06. The van der Waals surface area contributed by atoms with Gasteiger partial charge < -0.3 is 5.73 Å². The van der Waals surface area contributed by atoms with Crippen molar-refractivity contribution in [3.05, 3.63) is 50.7 Å². The molecule has 0 spiro atoms. The third-order valence-corrected chi connectivity index (χ3v) is 3.52. The zero-order valence-corrected chi connectivity index (χ0v) is 10.9. The average Bonchev–Trinajstić information content (AvgIpc) is 2.63. The molecule has 90 valence electrons. The number of halogens is 2. The van der Waals surface area contributed by atoms with Crippen molar-refractivity contribution in [1.82, 2.24) is 4.98 Å². The zero-order valence-electron chi connectivity index (χ0n) is 9.28. The summed E-state index contributed by atoms with van der Waals surface area (Å²) >= 11 is 7.26. The van der Waals surface area contributed by atoms with Gasteiger partial charge >= 0.3 is 0 Å². The molecule has 1 atom stereocenters. The minimum absolute atomic E-state index is 0.364. The molecular formula is C12H12ClFN2S. The Morgan fingerprint density at radius 2 is 2.29 bits per heavy atom. The number of nitrogens with zero attached hydrogens (tertiary/aromatic N) is 1. The van der Waals surface area contributed by atoms with E-state index in [1.807, 2.05) is 12.3 Å². The Bertz CT molecular complexity index is 527. The molecule has 5 heteroatoms. The molecule has 2 nitrogen and oxygen atoms in total. The average molecular weight is 271 g/mol. The van der Waals surface area contributed by atoms with Gasteiger partial charge in [0.25, 0.3) is 0 Å². The van der Waals surface area contributed by atoms with Crippen molar-refractivity contribution in [2.75, 3.05) is 0 Å². The molecule has 1 heterocycles. The van der Waals surface area contributed by atoms with E-state index in [-0.39, 0.29) is 5.82 Å². The van der Waals surface area contributed by atoms with Gasteiger partial charge in [-0.3, -0.25) is 0 Å². The van der Waals surface area contributed by atoms with Crippen LogP contribution in [0.15, 0.2) is 23.6 Å². The molecule has 1 aromatic carbocycles. The van der Waals surface area contributed by atoms with E-state index in [4.69, 9.17) is 17.3 Å². The number of benzene rings is 1. The van der Waals surface area contributed by atoms with Crippen molar-refractivity contribution in [3.63, 3.8) is 0 Å². The minimum atomic E-state index is -0.395. The summed E-state index contributed by atoms with van der Waals surface area (Å²) in [5.74, 6) is -0.364. The molecule has 0 radical (unpaired) electrons. The quantitative estimate of drug-likeness (QED) is 0.927. The van der Waals surface area contributed by atoms with E-state index < -0.39 is 6.04 Å². The SMILES string of the molecule is Cc1nc(CC(N)c2ccc(Cl)cc2F)cs1. The summed E-state index contributed by atoms with van der Waals surface area (Å²) < 4.78 is 13.6. The smallest absolute Gasteiger partial charge is 0.129 e. The largest absolute Gasteiger partial charge is 0.324 e. The van der Waals surface area contributed by atoms with Crippen LogP contribution >= 0.6 is 22.9 Å². The summed E-state index contributed by atoms with van der Waals surface area (Å²) in [5.41, 5.74) is 7.34. The summed E-state index contributed by atoms with van der Waals surface area (Å²) in [5, 5.41) is 3.31. The van der Waals surface area contributed by atoms with E-state index >= 15 is 0 Å². The summed E-state index contributed by atoms with van der Waals surface area (Å²) in [4.78, 5) is 4.31. The molecule has 0 saturated heterocycles. The molecule has 17 heavy (non-hydrogen) atoms. The molecule has 0 aliphatic heterocycles. The first kappa shape index (κ1) is 12.5. The number of hydrogen-bond donors (Lipinski definition) is 1. The van der Waals surface area contributed by atoms with Gasteiger partial charge in [-0.15, -0.1) is 11.3 Å². The van der Waals surface area contributed by atoms with Crippen LogP contribution in [-0.2, 0) is 6.42 Å². The van der Waals surface area contributed by atoms with E-state index in [1.165, 1.54) is 6.07 Å². The molecule has 0 amide bonds. The maximum absolute atomic E-state index is 13.6. The second kappa shape index (κ2) is 5.12. The van der Waals surface area contributed by atoms with Crippen LogP contribution < -0.4 is 5.73 Å². The van der Waals surface area contributed by atoms with Crippen molar-refractivity contribution in [1.29, 1.82) is 0 Å². The van der Waals surface area contributed by atoms with Gasteiger partial charge in [-0.2, -0.15) is 0 Å². The van der Waals surface area contributed by atoms with Crippen LogP contribution in [0.1, 0.15) is 22.3 Å². The highest BCUT2D eigenvalue weighted by atomic mass is 35.5. The first-order valence-corrected chi connectivity index (χ1v) is 6.43. The highest BCUT2D eigenvalue weighted by Crippen LogP contribution is 2.22. The number of rotatable bonds is 3. The van der Waals surface area contributed by atoms with Gasteiger partial charge in [0.15, 0.2) is 0 Å². The third kappa shape index (κ3) is 3.03. The van der Waals surface area contributed by atoms with Crippen molar-refractivity contribution < 1.29 is 4.39 Å². The number of hydrogen-bond acceptors (Lipinski definition) is 3. The van der Waals surface area contributed by atoms with Gasteiger partial charge in [-0.05, 0) is 19.1 Å². The molecule has 2 aromatic rings. The lowest BCUT2D eigenvalue weighted by Gasteiger charge is -2.11. The predicted octanol–water partition coefficient (Wildman–Crippen LogP) is 3.49. The highest BCUT2D eigenvalue weighted by molar-refractivity contribution is 7.09. The molecule has 1 unspecified atom stereocenters. The second-order valence-electron chi connectivity index (χ2n) is 3.83. The number of aromatic nitrogens is 1. The van der Waals surface area contributed by atoms with Crippen LogP contribution in [-0.4, -0.2) is 4.98 Å². The second-order valence-corrected chi connectivity index (χ2v) is 5.33. The van der Waals surface area contributed by atoms with Crippen LogP contribution in [0, 0.1) is 12.7 Å². The lowest BCUT2D eigenvalue weighted by atomic mass is 10.0. The minimum Gasteiger partial charge on any atom is -0.324 e. The standard InChI is InChI=1S/C12H12ClFN2S/c1-7-16-9(6-17-7)5-12(15)10-3-2-8(13)4-11(10)14/h2-4,6,12H,5,15H2,1H3. The Kier molecular flexibility index (Phi) is 3.76. The highest BCUT2D eigenvalue weighted by Gasteiger charge is 2.13. The molecule has 2 rings (SSSR count). The van der Waals surface area contributed by atoms with E-state index in [0.717, 1.165) is 10.7 Å². The van der Waals surface area contributed by atoms with Crippen molar-refractivity contribution in [2.45, 2.75) is 19.4 Å². The fourth-order valence-corrected chi connectivity index (χ4v) is 2.42. The fraction of sp³-hybridized carbons (Fsp3) is 0.250. The molecule has 0 bridgehead atoms. The molecule has 0 saturated carbocycles. The lowest BCUT2D eigenvalue weighted by molar-refractivity contribution is 0.578. The molecular weight excluding hydrogens is 259 g/mol. The van der Waals surface area contributed by atoms with Crippen LogP contribution in [0.2, 0.25) is 5.02 Å². The maximum atomic E-state index is 13.6. The summed E-state index contributed by atoms with van der Waals surface area (Å²) in [7, 11) is 0. The van der Waals surface area contributed by atoms with Gasteiger partial charge in [0.05, 0.1) is 10.7 Å². The lowest BCUT2D eigenvalue weighted by Crippen LogP contribution is -2.15. The maximum Gasteiger partial charge on any atom is 0.129 e. The van der Waals surface area contributed by atoms with E-state index in [2.05, 4.69) is 4.98 Å². The van der Waals surface area contributed by atoms with E-state index in [0.29, 0.717) is 17.0 Å². The van der Waals surface area contributed by atoms with E-state index in [1.54, 1.807) is 23.5 Å². The zero-order chi connectivity index (χ0) is 12.4. The topological polar surface area (TPSA) is 38.9 Å². The van der Waals surface area contributed by atoms with Crippen LogP contribution in [0.4, 0.5) is 4.39 Å². The van der Waals surface area contributed by atoms with E-state index in [9.17, 15) is 4.39 Å². The third-order valence-electron chi connectivity index (χ3n) is 2.46. The predicted molar refractivity (Wildman–Crippen MR) is 68.9 cm³/mol. The summed E-state index contributed by atoms with van der Waals surface area (Å²) in [6.07, 6.45) is 0.531. The summed E-state index contributed by atoms with van der Waals surface area (Å²) in [6.45, 7) is 1.93. The Labute approximate surface area is 108 Å². The number of aryl methyl sites for hydroxylation is 1. The van der Waals surface area contributed by atoms with Crippen LogP contribution in [0.3, 0.4) is 0 Å². The number of thiazole rings is 1. The number of nitrogens with two attached hydrogens (primary N) is 1. The molecule has 0 aliphatic carbocycles. The van der Waals surface area contributed by atoms with Gasteiger partial charge in [0.1, 0.15) is 5.82 Å². The summed E-state index contributed by atoms with van der Waals surface area (Å²) in [6, 6.07) is 4.16. The van der Waals surface area contributed by atoms with Gasteiger partial charge in [0, 0.05) is 28.4 Å².